The SMILES string of the molecule is COC(=O)C(C)(C)CS(=O)(=O)CC(=O)N1CCCC1. The van der Waals surface area contributed by atoms with Gasteiger partial charge in [0.25, 0.3) is 0 Å². The predicted octanol–water partition coefficient (Wildman–Crippen LogP) is 0.223. The lowest BCUT2D eigenvalue weighted by molar-refractivity contribution is -0.149. The van der Waals surface area contributed by atoms with Crippen LogP contribution in [0.5, 0.6) is 0 Å². The van der Waals surface area contributed by atoms with Gasteiger partial charge in [0.15, 0.2) is 9.84 Å². The highest BCUT2D eigenvalue weighted by Gasteiger charge is 2.36. The number of ether oxygens (including phenoxy) is 1. The highest BCUT2D eigenvalue weighted by atomic mass is 32.2. The summed E-state index contributed by atoms with van der Waals surface area (Å²) in [4.78, 5) is 24.8. The van der Waals surface area contributed by atoms with Gasteiger partial charge in [0.1, 0.15) is 5.75 Å². The molecule has 0 aromatic rings. The van der Waals surface area contributed by atoms with Gasteiger partial charge in [-0.15, -0.1) is 0 Å². The topological polar surface area (TPSA) is 80.8 Å². The van der Waals surface area contributed by atoms with Crippen LogP contribution in [0.2, 0.25) is 0 Å². The number of sulfone groups is 1. The fourth-order valence-corrected chi connectivity index (χ4v) is 4.06. The summed E-state index contributed by atoms with van der Waals surface area (Å²) in [6, 6.07) is 0. The number of nitrogens with zero attached hydrogens (tertiary/aromatic N) is 1. The van der Waals surface area contributed by atoms with E-state index in [1.54, 1.807) is 4.90 Å². The fraction of sp³-hybridized carbons (Fsp3) is 0.833. The molecule has 0 saturated carbocycles. The molecule has 0 aromatic heterocycles. The molecule has 0 unspecified atom stereocenters. The third-order valence-corrected chi connectivity index (χ3v) is 4.97. The van der Waals surface area contributed by atoms with Crippen molar-refractivity contribution in [3.05, 3.63) is 0 Å². The molecular weight excluding hydrogens is 270 g/mol. The molecule has 1 rings (SSSR count). The average molecular weight is 291 g/mol. The Morgan fingerprint density at radius 3 is 2.21 bits per heavy atom. The van der Waals surface area contributed by atoms with E-state index < -0.39 is 27.0 Å². The van der Waals surface area contributed by atoms with Gasteiger partial charge in [0.05, 0.1) is 18.3 Å². The van der Waals surface area contributed by atoms with E-state index in [1.807, 2.05) is 0 Å². The fourth-order valence-electron chi connectivity index (χ4n) is 2.18. The Hall–Kier alpha value is -1.11. The highest BCUT2D eigenvalue weighted by Crippen LogP contribution is 2.20. The van der Waals surface area contributed by atoms with Crippen molar-refractivity contribution in [2.24, 2.45) is 5.41 Å². The van der Waals surface area contributed by atoms with Crippen LogP contribution in [0.3, 0.4) is 0 Å². The molecule has 0 N–H and O–H groups in total. The highest BCUT2D eigenvalue weighted by molar-refractivity contribution is 7.92. The Labute approximate surface area is 114 Å². The zero-order valence-electron chi connectivity index (χ0n) is 11.6. The Bertz CT molecular complexity index is 449. The number of carbonyl (C=O) groups is 2. The molecule has 19 heavy (non-hydrogen) atoms. The summed E-state index contributed by atoms with van der Waals surface area (Å²) in [6.07, 6.45) is 1.83. The van der Waals surface area contributed by atoms with Gasteiger partial charge >= 0.3 is 5.97 Å². The summed E-state index contributed by atoms with van der Waals surface area (Å²) in [5.74, 6) is -1.89. The minimum Gasteiger partial charge on any atom is -0.469 e. The van der Waals surface area contributed by atoms with E-state index in [2.05, 4.69) is 4.74 Å². The van der Waals surface area contributed by atoms with Crippen molar-refractivity contribution in [2.75, 3.05) is 31.7 Å². The summed E-state index contributed by atoms with van der Waals surface area (Å²) in [5.41, 5.74) is -1.14. The summed E-state index contributed by atoms with van der Waals surface area (Å²) in [5, 5.41) is 0. The van der Waals surface area contributed by atoms with Gasteiger partial charge in [-0.25, -0.2) is 8.42 Å². The van der Waals surface area contributed by atoms with Crippen molar-refractivity contribution in [1.29, 1.82) is 0 Å². The van der Waals surface area contributed by atoms with Crippen molar-refractivity contribution < 1.29 is 22.7 Å². The first-order valence-corrected chi connectivity index (χ1v) is 8.07. The largest absolute Gasteiger partial charge is 0.469 e. The van der Waals surface area contributed by atoms with E-state index in [-0.39, 0.29) is 11.7 Å². The van der Waals surface area contributed by atoms with Crippen molar-refractivity contribution in [1.82, 2.24) is 4.90 Å². The predicted molar refractivity (Wildman–Crippen MR) is 70.3 cm³/mol. The van der Waals surface area contributed by atoms with Crippen LogP contribution >= 0.6 is 0 Å². The first-order chi connectivity index (χ1) is 8.68. The maximum Gasteiger partial charge on any atom is 0.312 e. The van der Waals surface area contributed by atoms with E-state index in [0.29, 0.717) is 13.1 Å². The molecule has 0 bridgehead atoms. The number of hydrogen-bond donors (Lipinski definition) is 0. The van der Waals surface area contributed by atoms with Crippen LogP contribution in [0.25, 0.3) is 0 Å². The first kappa shape index (κ1) is 15.9. The summed E-state index contributed by atoms with van der Waals surface area (Å²) in [6.45, 7) is 4.23. The van der Waals surface area contributed by atoms with Gasteiger partial charge in [-0.1, -0.05) is 0 Å². The molecule has 1 fully saturated rings. The molecule has 1 heterocycles. The molecule has 1 saturated heterocycles. The van der Waals surface area contributed by atoms with Gasteiger partial charge in [-0.3, -0.25) is 9.59 Å². The van der Waals surface area contributed by atoms with Crippen LogP contribution in [0.1, 0.15) is 26.7 Å². The van der Waals surface area contributed by atoms with Crippen LogP contribution in [0.15, 0.2) is 0 Å². The number of methoxy groups -OCH3 is 1. The Balaban J connectivity index is 2.66. The summed E-state index contributed by atoms with van der Waals surface area (Å²) in [7, 11) is -2.41. The zero-order valence-corrected chi connectivity index (χ0v) is 12.5. The minimum absolute atomic E-state index is 0.377. The van der Waals surface area contributed by atoms with Crippen LogP contribution in [-0.4, -0.2) is 56.9 Å². The molecular formula is C12H21NO5S. The number of rotatable bonds is 5. The van der Waals surface area contributed by atoms with E-state index >= 15 is 0 Å². The van der Waals surface area contributed by atoms with Crippen molar-refractivity contribution in [3.8, 4) is 0 Å². The lowest BCUT2D eigenvalue weighted by Gasteiger charge is -2.22. The standard InChI is InChI=1S/C12H21NO5S/c1-12(2,11(15)18-3)9-19(16,17)8-10(14)13-6-4-5-7-13/h4-9H2,1-3H3. The molecule has 0 aromatic carbocycles. The molecule has 1 amide bonds. The number of likely N-dealkylation sites (tertiary alicyclic amines) is 1. The smallest absolute Gasteiger partial charge is 0.312 e. The van der Waals surface area contributed by atoms with E-state index in [4.69, 9.17) is 0 Å². The molecule has 1 aliphatic rings. The molecule has 0 spiro atoms. The number of carbonyl (C=O) groups excluding carboxylic acids is 2. The van der Waals surface area contributed by atoms with E-state index in [0.717, 1.165) is 12.8 Å². The van der Waals surface area contributed by atoms with Crippen LogP contribution < -0.4 is 0 Å². The van der Waals surface area contributed by atoms with Crippen molar-refractivity contribution in [2.45, 2.75) is 26.7 Å². The monoisotopic (exact) mass is 291 g/mol. The average Bonchev–Trinajstić information content (AvgIpc) is 2.78. The van der Waals surface area contributed by atoms with Gasteiger partial charge in [0.2, 0.25) is 5.91 Å². The van der Waals surface area contributed by atoms with Crippen molar-refractivity contribution >= 4 is 21.7 Å². The molecule has 6 nitrogen and oxygen atoms in total. The van der Waals surface area contributed by atoms with Gasteiger partial charge in [-0.2, -0.15) is 0 Å². The Kier molecular flexibility index (Phi) is 4.95. The zero-order chi connectivity index (χ0) is 14.7. The maximum atomic E-state index is 12.0. The van der Waals surface area contributed by atoms with Crippen LogP contribution in [-0.2, 0) is 24.2 Å². The van der Waals surface area contributed by atoms with Crippen LogP contribution in [0, 0.1) is 5.41 Å². The third-order valence-electron chi connectivity index (χ3n) is 3.12. The third kappa shape index (κ3) is 4.49. The molecule has 0 aliphatic carbocycles. The van der Waals surface area contributed by atoms with E-state index in [1.165, 1.54) is 21.0 Å². The molecule has 1 aliphatic heterocycles. The second-order valence-corrected chi connectivity index (χ2v) is 7.56. The summed E-state index contributed by atoms with van der Waals surface area (Å²) < 4.78 is 28.5. The second kappa shape index (κ2) is 5.90. The van der Waals surface area contributed by atoms with Gasteiger partial charge in [-0.05, 0) is 26.7 Å². The Morgan fingerprint density at radius 2 is 1.74 bits per heavy atom. The molecule has 0 atom stereocenters. The first-order valence-electron chi connectivity index (χ1n) is 6.24. The van der Waals surface area contributed by atoms with Crippen LogP contribution in [0.4, 0.5) is 0 Å². The quantitative estimate of drug-likeness (QED) is 0.677. The number of esters is 1. The lowest BCUT2D eigenvalue weighted by Crippen LogP contribution is -2.39. The molecule has 7 heteroatoms. The Morgan fingerprint density at radius 1 is 1.21 bits per heavy atom. The summed E-state index contributed by atoms with van der Waals surface area (Å²) >= 11 is 0. The number of hydrogen-bond acceptors (Lipinski definition) is 5. The van der Waals surface area contributed by atoms with Crippen molar-refractivity contribution in [3.63, 3.8) is 0 Å². The van der Waals surface area contributed by atoms with Gasteiger partial charge < -0.3 is 9.64 Å². The molecule has 110 valence electrons. The van der Waals surface area contributed by atoms with E-state index in [9.17, 15) is 18.0 Å². The second-order valence-electron chi connectivity index (χ2n) is 5.50. The number of amides is 1. The minimum atomic E-state index is -3.62. The maximum absolute atomic E-state index is 12.0. The molecule has 0 radical (unpaired) electrons. The van der Waals surface area contributed by atoms with Gasteiger partial charge in [0, 0.05) is 13.1 Å². The lowest BCUT2D eigenvalue weighted by atomic mass is 9.97. The normalized spacial score (nSPS) is 16.5.